The normalized spacial score (nSPS) is 28.4. The van der Waals surface area contributed by atoms with Crippen molar-refractivity contribution in [1.82, 2.24) is 5.32 Å². The molecule has 5 N–H and O–H groups in total. The van der Waals surface area contributed by atoms with Gasteiger partial charge in [0.1, 0.15) is 17.3 Å². The van der Waals surface area contributed by atoms with Crippen LogP contribution >= 0.6 is 0 Å². The van der Waals surface area contributed by atoms with Crippen molar-refractivity contribution in [2.24, 2.45) is 5.73 Å². The number of benzene rings is 1. The number of cyclic esters (lactones) is 1. The van der Waals surface area contributed by atoms with Crippen molar-refractivity contribution in [1.29, 1.82) is 0 Å². The number of hydrogen-bond acceptors (Lipinski definition) is 6. The molecule has 0 aromatic heterocycles. The zero-order valence-electron chi connectivity index (χ0n) is 13.6. The molecule has 3 rings (SSSR count). The summed E-state index contributed by atoms with van der Waals surface area (Å²) in [5.41, 5.74) is 4.60. The molecule has 8 nitrogen and oxygen atoms in total. The summed E-state index contributed by atoms with van der Waals surface area (Å²) in [5, 5.41) is 21.7. The first-order valence-electron chi connectivity index (χ1n) is 7.89. The zero-order chi connectivity index (χ0) is 18.4. The molecule has 0 spiro atoms. The smallest absolute Gasteiger partial charge is 0.407 e. The Bertz CT molecular complexity index is 705. The van der Waals surface area contributed by atoms with Gasteiger partial charge in [-0.15, -0.1) is 0 Å². The lowest BCUT2D eigenvalue weighted by atomic mass is 9.76. The predicted octanol–water partition coefficient (Wildman–Crippen LogP) is -0.781. The number of nitrogens with zero attached hydrogens (tertiary/aromatic N) is 1. The second-order valence-corrected chi connectivity index (χ2v) is 6.55. The monoisotopic (exact) mass is 353 g/mol. The van der Waals surface area contributed by atoms with E-state index in [0.717, 1.165) is 0 Å². The van der Waals surface area contributed by atoms with Crippen molar-refractivity contribution in [2.75, 3.05) is 24.5 Å². The number of nitrogens with two attached hydrogens (primary N) is 1. The van der Waals surface area contributed by atoms with E-state index in [-0.39, 0.29) is 30.9 Å². The lowest BCUT2D eigenvalue weighted by Gasteiger charge is -2.31. The number of primary amides is 1. The number of ether oxygens (including phenoxy) is 1. The summed E-state index contributed by atoms with van der Waals surface area (Å²) in [6.07, 6.45) is -3.40. The minimum atomic E-state index is -1.40. The van der Waals surface area contributed by atoms with E-state index in [0.29, 0.717) is 0 Å². The van der Waals surface area contributed by atoms with Crippen LogP contribution in [0.5, 0.6) is 0 Å². The first-order chi connectivity index (χ1) is 11.7. The molecule has 2 amide bonds. The second-order valence-electron chi connectivity index (χ2n) is 6.55. The number of amides is 2. The fraction of sp³-hybridized carbons (Fsp3) is 0.500. The Kier molecular flexibility index (Phi) is 4.29. The summed E-state index contributed by atoms with van der Waals surface area (Å²) in [6, 6.07) is 4.16. The molecule has 0 bridgehead atoms. The molecule has 2 saturated heterocycles. The Labute approximate surface area is 143 Å². The van der Waals surface area contributed by atoms with Crippen LogP contribution in [-0.2, 0) is 14.9 Å². The van der Waals surface area contributed by atoms with Gasteiger partial charge in [-0.1, -0.05) is 6.07 Å². The molecule has 0 radical (unpaired) electrons. The van der Waals surface area contributed by atoms with E-state index in [9.17, 15) is 24.2 Å². The van der Waals surface area contributed by atoms with Crippen molar-refractivity contribution >= 4 is 17.7 Å². The van der Waals surface area contributed by atoms with Gasteiger partial charge in [0.15, 0.2) is 0 Å². The van der Waals surface area contributed by atoms with Crippen LogP contribution in [-0.4, -0.2) is 60.2 Å². The minimum absolute atomic E-state index is 0.0894. The number of anilines is 1. The van der Waals surface area contributed by atoms with E-state index in [1.165, 1.54) is 30.0 Å². The second kappa shape index (κ2) is 6.16. The molecule has 2 heterocycles. The number of hydrogen-bond donors (Lipinski definition) is 4. The maximum Gasteiger partial charge on any atom is 0.407 e. The van der Waals surface area contributed by atoms with E-state index in [4.69, 9.17) is 10.5 Å². The Balaban J connectivity index is 1.93. The lowest BCUT2D eigenvalue weighted by Crippen LogP contribution is -2.49. The summed E-state index contributed by atoms with van der Waals surface area (Å²) in [6.45, 7) is 1.80. The number of aliphatic hydroxyl groups is 2. The standard InChI is InChI=1S/C16H20FN3O5/c1-16(14(18)23,13-5-19-15(24)25-13)8-2-3-10(9(17)4-8)20-6-11(21)12(22)7-20/h2-4,11-13,21-22H,5-7H2,1H3,(H2,18,23)(H,19,24). The molecule has 0 saturated carbocycles. The van der Waals surface area contributed by atoms with Crippen LogP contribution < -0.4 is 16.0 Å². The van der Waals surface area contributed by atoms with Crippen LogP contribution in [0.3, 0.4) is 0 Å². The van der Waals surface area contributed by atoms with Crippen molar-refractivity contribution in [2.45, 2.75) is 30.7 Å². The van der Waals surface area contributed by atoms with Crippen LogP contribution in [0.2, 0.25) is 0 Å². The van der Waals surface area contributed by atoms with Gasteiger partial charge in [0.2, 0.25) is 5.91 Å². The van der Waals surface area contributed by atoms with Crippen molar-refractivity contribution in [3.05, 3.63) is 29.6 Å². The van der Waals surface area contributed by atoms with Gasteiger partial charge < -0.3 is 30.9 Å². The number of alkyl carbamates (subject to hydrolysis) is 1. The molecule has 25 heavy (non-hydrogen) atoms. The van der Waals surface area contributed by atoms with Crippen molar-refractivity contribution < 1.29 is 28.9 Å². The number of carbonyl (C=O) groups excluding carboxylic acids is 2. The van der Waals surface area contributed by atoms with E-state index in [2.05, 4.69) is 5.32 Å². The SMILES string of the molecule is CC(C(N)=O)(c1ccc(N2CC(O)C(O)C2)c(F)c1)C1CNC(=O)O1. The third-order valence-corrected chi connectivity index (χ3v) is 4.98. The molecular weight excluding hydrogens is 333 g/mol. The molecular formula is C16H20FN3O5. The molecule has 2 fully saturated rings. The fourth-order valence-electron chi connectivity index (χ4n) is 3.25. The largest absolute Gasteiger partial charge is 0.443 e. The van der Waals surface area contributed by atoms with Crippen LogP contribution in [0.25, 0.3) is 0 Å². The molecule has 4 unspecified atom stereocenters. The first kappa shape index (κ1) is 17.4. The first-order valence-corrected chi connectivity index (χ1v) is 7.89. The molecule has 1 aromatic carbocycles. The fourth-order valence-corrected chi connectivity index (χ4v) is 3.25. The highest BCUT2D eigenvalue weighted by molar-refractivity contribution is 5.88. The van der Waals surface area contributed by atoms with Gasteiger partial charge in [-0.2, -0.15) is 0 Å². The highest BCUT2D eigenvalue weighted by atomic mass is 19.1. The summed E-state index contributed by atoms with van der Waals surface area (Å²) < 4.78 is 19.7. The molecule has 4 atom stereocenters. The number of carbonyl (C=O) groups is 2. The van der Waals surface area contributed by atoms with E-state index < -0.39 is 41.5 Å². The Morgan fingerprint density at radius 3 is 2.52 bits per heavy atom. The molecule has 136 valence electrons. The summed E-state index contributed by atoms with van der Waals surface area (Å²) >= 11 is 0. The highest BCUT2D eigenvalue weighted by Crippen LogP contribution is 2.34. The number of halogens is 1. The van der Waals surface area contributed by atoms with Gasteiger partial charge in [0.25, 0.3) is 0 Å². The quantitative estimate of drug-likeness (QED) is 0.563. The lowest BCUT2D eigenvalue weighted by molar-refractivity contribution is -0.126. The predicted molar refractivity (Wildman–Crippen MR) is 85.4 cm³/mol. The maximum absolute atomic E-state index is 14.6. The highest BCUT2D eigenvalue weighted by Gasteiger charge is 2.47. The minimum Gasteiger partial charge on any atom is -0.443 e. The van der Waals surface area contributed by atoms with Crippen LogP contribution in [0.1, 0.15) is 12.5 Å². The van der Waals surface area contributed by atoms with E-state index in [1.807, 2.05) is 0 Å². The molecule has 0 aliphatic carbocycles. The summed E-state index contributed by atoms with van der Waals surface area (Å²) in [7, 11) is 0. The van der Waals surface area contributed by atoms with Gasteiger partial charge in [-0.25, -0.2) is 9.18 Å². The van der Waals surface area contributed by atoms with E-state index >= 15 is 0 Å². The zero-order valence-corrected chi connectivity index (χ0v) is 13.6. The average Bonchev–Trinajstić information content (AvgIpc) is 3.12. The van der Waals surface area contributed by atoms with E-state index in [1.54, 1.807) is 0 Å². The van der Waals surface area contributed by atoms with Crippen LogP contribution in [0.4, 0.5) is 14.9 Å². The van der Waals surface area contributed by atoms with Crippen molar-refractivity contribution in [3.8, 4) is 0 Å². The molecule has 2 aliphatic rings. The molecule has 2 aliphatic heterocycles. The third kappa shape index (κ3) is 2.89. The Morgan fingerprint density at radius 2 is 2.04 bits per heavy atom. The maximum atomic E-state index is 14.6. The number of rotatable bonds is 4. The summed E-state index contributed by atoms with van der Waals surface area (Å²) in [5.74, 6) is -1.36. The Morgan fingerprint density at radius 1 is 1.40 bits per heavy atom. The molecule has 1 aromatic rings. The molecule has 9 heteroatoms. The Hall–Kier alpha value is -2.39. The average molecular weight is 353 g/mol. The van der Waals surface area contributed by atoms with Gasteiger partial charge in [-0.3, -0.25) is 4.79 Å². The van der Waals surface area contributed by atoms with Gasteiger partial charge in [0, 0.05) is 13.1 Å². The van der Waals surface area contributed by atoms with Crippen molar-refractivity contribution in [3.63, 3.8) is 0 Å². The summed E-state index contributed by atoms with van der Waals surface area (Å²) in [4.78, 5) is 24.9. The van der Waals surface area contributed by atoms with Gasteiger partial charge in [-0.05, 0) is 24.6 Å². The van der Waals surface area contributed by atoms with Gasteiger partial charge >= 0.3 is 6.09 Å². The number of nitrogens with one attached hydrogen (secondary N) is 1. The van der Waals surface area contributed by atoms with Crippen LogP contribution in [0.15, 0.2) is 18.2 Å². The number of aliphatic hydroxyl groups excluding tert-OH is 2. The topological polar surface area (TPSA) is 125 Å². The third-order valence-electron chi connectivity index (χ3n) is 4.98. The number of β-amino-alcohol motifs (C(OH)–C–C–N with tert-alkyl or cyclic N) is 2. The van der Waals surface area contributed by atoms with Crippen LogP contribution in [0, 0.1) is 5.82 Å². The van der Waals surface area contributed by atoms with Gasteiger partial charge in [0.05, 0.1) is 24.4 Å².